The second-order valence-corrected chi connectivity index (χ2v) is 5.86. The van der Waals surface area contributed by atoms with Crippen molar-refractivity contribution in [2.45, 2.75) is 13.8 Å². The molecule has 1 heterocycles. The third-order valence-corrected chi connectivity index (χ3v) is 3.53. The van der Waals surface area contributed by atoms with Gasteiger partial charge in [0.25, 0.3) is 0 Å². The molecule has 0 amide bonds. The van der Waals surface area contributed by atoms with Crippen LogP contribution in [0.4, 0.5) is 11.4 Å². The van der Waals surface area contributed by atoms with E-state index in [0.29, 0.717) is 11.4 Å². The molecule has 8 heteroatoms. The molecule has 0 spiro atoms. The van der Waals surface area contributed by atoms with E-state index in [1.165, 1.54) is 0 Å². The summed E-state index contributed by atoms with van der Waals surface area (Å²) in [5.41, 5.74) is 7.51. The highest BCUT2D eigenvalue weighted by Crippen LogP contribution is 2.23. The molecule has 20 heavy (non-hydrogen) atoms. The van der Waals surface area contributed by atoms with E-state index in [2.05, 4.69) is 37.9 Å². The molecular formula is C12H12IN5OS. The van der Waals surface area contributed by atoms with E-state index in [1.807, 2.05) is 25.1 Å². The van der Waals surface area contributed by atoms with Crippen molar-refractivity contribution in [1.29, 1.82) is 0 Å². The number of aromatic nitrogens is 2. The van der Waals surface area contributed by atoms with Gasteiger partial charge in [0.2, 0.25) is 0 Å². The van der Waals surface area contributed by atoms with Gasteiger partial charge in [-0.2, -0.15) is 9.80 Å². The maximum atomic E-state index is 12.0. The fourth-order valence-electron chi connectivity index (χ4n) is 1.65. The Morgan fingerprint density at radius 3 is 2.65 bits per heavy atom. The Kier molecular flexibility index (Phi) is 4.33. The summed E-state index contributed by atoms with van der Waals surface area (Å²) < 4.78 is 2.19. The quantitative estimate of drug-likeness (QED) is 0.461. The summed E-state index contributed by atoms with van der Waals surface area (Å²) in [5.74, 6) is 0. The minimum Gasteiger partial charge on any atom is -0.374 e. The van der Waals surface area contributed by atoms with Gasteiger partial charge in [0.05, 0.1) is 11.4 Å². The monoisotopic (exact) mass is 401 g/mol. The van der Waals surface area contributed by atoms with Crippen molar-refractivity contribution in [2.24, 2.45) is 16.0 Å². The van der Waals surface area contributed by atoms with Crippen LogP contribution in [-0.4, -0.2) is 14.9 Å². The Morgan fingerprint density at radius 1 is 1.40 bits per heavy atom. The average Bonchev–Trinajstić information content (AvgIpc) is 2.65. The predicted octanol–water partition coefficient (Wildman–Crippen LogP) is 2.90. The topological polar surface area (TPSA) is 88.5 Å². The van der Waals surface area contributed by atoms with Crippen LogP contribution in [-0.2, 0) is 0 Å². The molecule has 0 aliphatic carbocycles. The summed E-state index contributed by atoms with van der Waals surface area (Å²) in [5, 5.41) is 10.8. The molecule has 0 fully saturated rings. The normalized spacial score (nSPS) is 11.2. The zero-order valence-electron chi connectivity index (χ0n) is 10.8. The molecule has 0 aliphatic rings. The van der Waals surface area contributed by atoms with Gasteiger partial charge in [0.15, 0.2) is 10.8 Å². The van der Waals surface area contributed by atoms with E-state index in [4.69, 9.17) is 18.0 Å². The fourth-order valence-corrected chi connectivity index (χ4v) is 2.42. The highest BCUT2D eigenvalue weighted by atomic mass is 127. The molecular weight excluding hydrogens is 389 g/mol. The summed E-state index contributed by atoms with van der Waals surface area (Å²) >= 11 is 7.00. The third kappa shape index (κ3) is 2.96. The van der Waals surface area contributed by atoms with E-state index in [1.54, 1.807) is 6.92 Å². The molecule has 0 atom stereocenters. The number of nitrogens with zero attached hydrogens (tertiary/aromatic N) is 3. The average molecular weight is 401 g/mol. The van der Waals surface area contributed by atoms with Crippen LogP contribution in [0.15, 0.2) is 33.2 Å². The standard InChI is InChI=1S/C12H12IN5OS/c1-6-5-8(13)3-4-9(6)15-16-10-7(2)17-18(11(10)19)12(14)20/h3-5,17H,1-2H3,(H2,14,20). The van der Waals surface area contributed by atoms with Crippen LogP contribution in [0, 0.1) is 17.4 Å². The first-order valence-corrected chi connectivity index (χ1v) is 7.18. The van der Waals surface area contributed by atoms with Crippen molar-refractivity contribution < 1.29 is 0 Å². The number of aromatic amines is 1. The number of nitrogens with two attached hydrogens (primary N) is 1. The summed E-state index contributed by atoms with van der Waals surface area (Å²) in [6.45, 7) is 3.65. The molecule has 0 aliphatic heterocycles. The number of rotatable bonds is 2. The zero-order chi connectivity index (χ0) is 14.9. The molecule has 104 valence electrons. The molecule has 2 rings (SSSR count). The molecule has 0 bridgehead atoms. The lowest BCUT2D eigenvalue weighted by atomic mass is 10.2. The number of hydrogen-bond acceptors (Lipinski definition) is 4. The van der Waals surface area contributed by atoms with Crippen LogP contribution in [0.2, 0.25) is 0 Å². The Morgan fingerprint density at radius 2 is 2.10 bits per heavy atom. The Bertz CT molecular complexity index is 762. The Balaban J connectivity index is 2.42. The molecule has 0 unspecified atom stereocenters. The molecule has 6 nitrogen and oxygen atoms in total. The molecule has 0 saturated heterocycles. The van der Waals surface area contributed by atoms with E-state index in [9.17, 15) is 4.79 Å². The first-order chi connectivity index (χ1) is 9.40. The minimum atomic E-state index is -0.401. The van der Waals surface area contributed by atoms with Gasteiger partial charge in [0, 0.05) is 3.57 Å². The van der Waals surface area contributed by atoms with E-state index in [-0.39, 0.29) is 10.8 Å². The summed E-state index contributed by atoms with van der Waals surface area (Å²) in [4.78, 5) is 12.0. The van der Waals surface area contributed by atoms with Gasteiger partial charge in [-0.15, -0.1) is 5.11 Å². The Hall–Kier alpha value is -1.55. The molecule has 1 aromatic heterocycles. The third-order valence-electron chi connectivity index (χ3n) is 2.68. The SMILES string of the molecule is Cc1cc(I)ccc1N=Nc1c(C)[nH]n(C(N)=S)c1=O. The number of hydrogen-bond donors (Lipinski definition) is 2. The zero-order valence-corrected chi connectivity index (χ0v) is 13.8. The number of benzene rings is 1. The number of thiocarbonyl (C=S) groups is 1. The van der Waals surface area contributed by atoms with Gasteiger partial charge in [0.1, 0.15) is 0 Å². The Labute approximate surface area is 134 Å². The van der Waals surface area contributed by atoms with Gasteiger partial charge in [-0.05, 0) is 72.4 Å². The second kappa shape index (κ2) is 5.83. The van der Waals surface area contributed by atoms with Gasteiger partial charge < -0.3 is 5.73 Å². The van der Waals surface area contributed by atoms with Crippen LogP contribution >= 0.6 is 34.8 Å². The van der Waals surface area contributed by atoms with Crippen LogP contribution in [0.3, 0.4) is 0 Å². The highest BCUT2D eigenvalue weighted by Gasteiger charge is 2.12. The number of aryl methyl sites for hydroxylation is 2. The number of halogens is 1. The number of nitrogens with one attached hydrogen (secondary N) is 1. The van der Waals surface area contributed by atoms with E-state index < -0.39 is 5.56 Å². The van der Waals surface area contributed by atoms with Crippen LogP contribution in [0.1, 0.15) is 11.3 Å². The van der Waals surface area contributed by atoms with Crippen LogP contribution in [0.25, 0.3) is 0 Å². The van der Waals surface area contributed by atoms with Gasteiger partial charge in [-0.1, -0.05) is 0 Å². The molecule has 0 saturated carbocycles. The van der Waals surface area contributed by atoms with Crippen LogP contribution < -0.4 is 11.3 Å². The van der Waals surface area contributed by atoms with Crippen molar-refractivity contribution in [2.75, 3.05) is 0 Å². The van der Waals surface area contributed by atoms with Gasteiger partial charge >= 0.3 is 5.56 Å². The van der Waals surface area contributed by atoms with E-state index in [0.717, 1.165) is 13.8 Å². The molecule has 3 N–H and O–H groups in total. The van der Waals surface area contributed by atoms with Crippen molar-refractivity contribution in [3.63, 3.8) is 0 Å². The molecule has 0 radical (unpaired) electrons. The summed E-state index contributed by atoms with van der Waals surface area (Å²) in [6.07, 6.45) is 0. The summed E-state index contributed by atoms with van der Waals surface area (Å²) in [7, 11) is 0. The van der Waals surface area contributed by atoms with Crippen molar-refractivity contribution in [3.8, 4) is 0 Å². The largest absolute Gasteiger partial charge is 0.374 e. The lowest BCUT2D eigenvalue weighted by Crippen LogP contribution is -2.29. The minimum absolute atomic E-state index is 0.0509. The first kappa shape index (κ1) is 14.9. The van der Waals surface area contributed by atoms with Crippen molar-refractivity contribution in [3.05, 3.63) is 43.4 Å². The van der Waals surface area contributed by atoms with Gasteiger partial charge in [-0.3, -0.25) is 9.89 Å². The van der Waals surface area contributed by atoms with Gasteiger partial charge in [-0.25, -0.2) is 0 Å². The highest BCUT2D eigenvalue weighted by molar-refractivity contribution is 14.1. The lowest BCUT2D eigenvalue weighted by molar-refractivity contribution is 0.889. The maximum absolute atomic E-state index is 12.0. The fraction of sp³-hybridized carbons (Fsp3) is 0.167. The predicted molar refractivity (Wildman–Crippen MR) is 90.0 cm³/mol. The molecule has 2 aromatic rings. The molecule has 1 aromatic carbocycles. The van der Waals surface area contributed by atoms with Crippen molar-refractivity contribution in [1.82, 2.24) is 9.78 Å². The second-order valence-electron chi connectivity index (χ2n) is 4.20. The first-order valence-electron chi connectivity index (χ1n) is 5.69. The van der Waals surface area contributed by atoms with Crippen LogP contribution in [0.5, 0.6) is 0 Å². The number of H-pyrrole nitrogens is 1. The smallest absolute Gasteiger partial charge is 0.301 e. The lowest BCUT2D eigenvalue weighted by Gasteiger charge is -1.98. The summed E-state index contributed by atoms with van der Waals surface area (Å²) in [6, 6.07) is 5.78. The maximum Gasteiger partial charge on any atom is 0.301 e. The van der Waals surface area contributed by atoms with E-state index >= 15 is 0 Å². The number of azo groups is 1. The van der Waals surface area contributed by atoms with Crippen molar-refractivity contribution >= 4 is 51.3 Å².